The van der Waals surface area contributed by atoms with Crippen LogP contribution in [0.2, 0.25) is 0 Å². The summed E-state index contributed by atoms with van der Waals surface area (Å²) in [5.74, 6) is 1.61. The van der Waals surface area contributed by atoms with E-state index in [4.69, 9.17) is 4.74 Å². The van der Waals surface area contributed by atoms with Gasteiger partial charge < -0.3 is 10.1 Å². The van der Waals surface area contributed by atoms with E-state index in [1.54, 1.807) is 19.3 Å². The lowest BCUT2D eigenvalue weighted by atomic mass is 10.3. The first-order valence-electron chi connectivity index (χ1n) is 4.47. The van der Waals surface area contributed by atoms with Gasteiger partial charge in [-0.05, 0) is 13.0 Å². The van der Waals surface area contributed by atoms with Crippen LogP contribution in [0.15, 0.2) is 35.1 Å². The molecule has 78 valence electrons. The molecule has 0 bridgehead atoms. The molecule has 0 radical (unpaired) electrons. The first kappa shape index (κ1) is 9.51. The van der Waals surface area contributed by atoms with Gasteiger partial charge in [0.15, 0.2) is 11.6 Å². The van der Waals surface area contributed by atoms with Crippen molar-refractivity contribution < 1.29 is 4.74 Å². The third-order valence-corrected chi connectivity index (χ3v) is 2.13. The maximum Gasteiger partial charge on any atom is 0.349 e. The zero-order valence-electron chi connectivity index (χ0n) is 8.57. The molecule has 1 N–H and O–H groups in total. The number of hydrogen-bond donors (Lipinski definition) is 1. The zero-order valence-corrected chi connectivity index (χ0v) is 8.57. The fourth-order valence-corrected chi connectivity index (χ4v) is 1.32. The summed E-state index contributed by atoms with van der Waals surface area (Å²) in [6.07, 6.45) is 3.20. The lowest BCUT2D eigenvalue weighted by molar-refractivity contribution is 0.424. The van der Waals surface area contributed by atoms with E-state index in [0.717, 1.165) is 5.70 Å². The highest BCUT2D eigenvalue weighted by molar-refractivity contribution is 5.57. The third-order valence-electron chi connectivity index (χ3n) is 2.13. The average Bonchev–Trinajstić information content (AvgIpc) is 2.20. The second kappa shape index (κ2) is 3.27. The van der Waals surface area contributed by atoms with Crippen molar-refractivity contribution in [3.05, 3.63) is 40.8 Å². The van der Waals surface area contributed by atoms with E-state index in [2.05, 4.69) is 16.9 Å². The number of hydrogen-bond acceptors (Lipinski definition) is 4. The van der Waals surface area contributed by atoms with Crippen molar-refractivity contribution >= 4 is 5.82 Å². The van der Waals surface area contributed by atoms with Gasteiger partial charge in [0.05, 0.1) is 11.9 Å². The summed E-state index contributed by atoms with van der Waals surface area (Å²) in [5.41, 5.74) is 0.470. The average molecular weight is 205 g/mol. The highest BCUT2D eigenvalue weighted by atomic mass is 16.5. The van der Waals surface area contributed by atoms with Crippen LogP contribution in [0.1, 0.15) is 6.92 Å². The number of anilines is 1. The Bertz CT molecular complexity index is 514. The molecule has 0 aromatic carbocycles. The second-order valence-electron chi connectivity index (χ2n) is 3.27. The van der Waals surface area contributed by atoms with Gasteiger partial charge in [0.25, 0.3) is 0 Å². The van der Waals surface area contributed by atoms with E-state index in [1.165, 1.54) is 4.57 Å². The normalized spacial score (nSPS) is 14.0. The lowest BCUT2D eigenvalue weighted by Gasteiger charge is -2.20. The van der Waals surface area contributed by atoms with Crippen LogP contribution in [0.3, 0.4) is 0 Å². The number of ether oxygens (including phenoxy) is 1. The van der Waals surface area contributed by atoms with Gasteiger partial charge in [-0.3, -0.25) is 4.57 Å². The molecule has 0 atom stereocenters. The minimum absolute atomic E-state index is 0.320. The van der Waals surface area contributed by atoms with Crippen LogP contribution in [0.5, 0.6) is 5.75 Å². The van der Waals surface area contributed by atoms with Crippen molar-refractivity contribution in [2.24, 2.45) is 7.05 Å². The fourth-order valence-electron chi connectivity index (χ4n) is 1.32. The molecule has 5 heteroatoms. The Balaban J connectivity index is 2.53. The predicted octanol–water partition coefficient (Wildman–Crippen LogP) is 1.00. The molecule has 1 aromatic rings. The van der Waals surface area contributed by atoms with E-state index in [9.17, 15) is 4.79 Å². The standard InChI is InChI=1S/C10H11N3O2/c1-4-7-6(2)11-9-8(15-7)5-13(3)10(14)12-9/h4-5H,1H2,2-3H3,(H,11,12,14). The number of fused-ring (bicyclic) bond motifs is 1. The Morgan fingerprint density at radius 1 is 1.67 bits per heavy atom. The molecule has 0 saturated carbocycles. The molecule has 1 aliphatic heterocycles. The Morgan fingerprint density at radius 2 is 2.40 bits per heavy atom. The van der Waals surface area contributed by atoms with Crippen LogP contribution in [-0.2, 0) is 7.05 Å². The molecule has 1 aromatic heterocycles. The molecule has 0 amide bonds. The van der Waals surface area contributed by atoms with Crippen LogP contribution < -0.4 is 15.7 Å². The summed E-state index contributed by atoms with van der Waals surface area (Å²) >= 11 is 0. The van der Waals surface area contributed by atoms with E-state index in [-0.39, 0.29) is 5.69 Å². The topological polar surface area (TPSA) is 56.2 Å². The predicted molar refractivity (Wildman–Crippen MR) is 56.6 cm³/mol. The van der Waals surface area contributed by atoms with Crippen LogP contribution in [0, 0.1) is 0 Å². The smallest absolute Gasteiger partial charge is 0.349 e. The number of aromatic nitrogens is 2. The highest BCUT2D eigenvalue weighted by Crippen LogP contribution is 2.28. The molecule has 2 rings (SSSR count). The lowest BCUT2D eigenvalue weighted by Crippen LogP contribution is -2.24. The fraction of sp³-hybridized carbons (Fsp3) is 0.200. The van der Waals surface area contributed by atoms with Crippen LogP contribution in [0.4, 0.5) is 5.82 Å². The second-order valence-corrected chi connectivity index (χ2v) is 3.27. The number of aryl methyl sites for hydroxylation is 1. The summed E-state index contributed by atoms with van der Waals surface area (Å²) in [4.78, 5) is 15.1. The minimum Gasteiger partial charge on any atom is -0.450 e. The molecular formula is C10H11N3O2. The SMILES string of the molecule is C=CC1=C(C)Nc2nc(=O)n(C)cc2O1. The van der Waals surface area contributed by atoms with Crippen LogP contribution in [0.25, 0.3) is 0 Å². The van der Waals surface area contributed by atoms with E-state index in [1.807, 2.05) is 6.92 Å². The number of nitrogens with one attached hydrogen (secondary N) is 1. The van der Waals surface area contributed by atoms with Gasteiger partial charge in [0.1, 0.15) is 5.76 Å². The van der Waals surface area contributed by atoms with E-state index >= 15 is 0 Å². The summed E-state index contributed by atoms with van der Waals surface area (Å²) < 4.78 is 6.87. The van der Waals surface area contributed by atoms with Crippen molar-refractivity contribution in [3.8, 4) is 5.75 Å². The quantitative estimate of drug-likeness (QED) is 0.743. The van der Waals surface area contributed by atoms with Crippen molar-refractivity contribution in [1.29, 1.82) is 0 Å². The molecule has 5 nitrogen and oxygen atoms in total. The largest absolute Gasteiger partial charge is 0.450 e. The van der Waals surface area contributed by atoms with Crippen molar-refractivity contribution in [2.75, 3.05) is 5.32 Å². The molecule has 15 heavy (non-hydrogen) atoms. The molecule has 0 fully saturated rings. The first-order valence-corrected chi connectivity index (χ1v) is 4.47. The number of rotatable bonds is 1. The Hall–Kier alpha value is -2.04. The van der Waals surface area contributed by atoms with Crippen LogP contribution >= 0.6 is 0 Å². The molecule has 1 aliphatic rings. The Morgan fingerprint density at radius 3 is 3.07 bits per heavy atom. The zero-order chi connectivity index (χ0) is 11.0. The summed E-state index contributed by atoms with van der Waals surface area (Å²) in [7, 11) is 1.62. The molecule has 0 unspecified atom stereocenters. The van der Waals surface area contributed by atoms with Gasteiger partial charge in [0.2, 0.25) is 0 Å². The third kappa shape index (κ3) is 1.52. The monoisotopic (exact) mass is 205 g/mol. The maximum absolute atomic E-state index is 11.3. The summed E-state index contributed by atoms with van der Waals surface area (Å²) in [5, 5.41) is 2.99. The van der Waals surface area contributed by atoms with Crippen molar-refractivity contribution in [2.45, 2.75) is 6.92 Å². The van der Waals surface area contributed by atoms with Gasteiger partial charge in [0, 0.05) is 7.05 Å². The van der Waals surface area contributed by atoms with Crippen molar-refractivity contribution in [1.82, 2.24) is 9.55 Å². The van der Waals surface area contributed by atoms with E-state index in [0.29, 0.717) is 17.3 Å². The van der Waals surface area contributed by atoms with Gasteiger partial charge in [-0.1, -0.05) is 6.58 Å². The van der Waals surface area contributed by atoms with Gasteiger partial charge >= 0.3 is 5.69 Å². The Kier molecular flexibility index (Phi) is 2.07. The molecule has 0 saturated heterocycles. The van der Waals surface area contributed by atoms with Gasteiger partial charge in [-0.15, -0.1) is 0 Å². The Labute approximate surface area is 86.7 Å². The number of nitrogens with zero attached hydrogens (tertiary/aromatic N) is 2. The minimum atomic E-state index is -0.320. The van der Waals surface area contributed by atoms with Gasteiger partial charge in [-0.2, -0.15) is 4.98 Å². The molecule has 0 spiro atoms. The van der Waals surface area contributed by atoms with Gasteiger partial charge in [-0.25, -0.2) is 4.79 Å². The number of allylic oxidation sites excluding steroid dienone is 2. The molecule has 0 aliphatic carbocycles. The molecule has 2 heterocycles. The first-order chi connectivity index (χ1) is 7.11. The molecular weight excluding hydrogens is 194 g/mol. The van der Waals surface area contributed by atoms with E-state index < -0.39 is 0 Å². The van der Waals surface area contributed by atoms with Crippen molar-refractivity contribution in [3.63, 3.8) is 0 Å². The summed E-state index contributed by atoms with van der Waals surface area (Å²) in [6, 6.07) is 0. The summed E-state index contributed by atoms with van der Waals surface area (Å²) in [6.45, 7) is 5.47. The van der Waals surface area contributed by atoms with Crippen LogP contribution in [-0.4, -0.2) is 9.55 Å². The maximum atomic E-state index is 11.3. The highest BCUT2D eigenvalue weighted by Gasteiger charge is 2.17.